The zero-order valence-electron chi connectivity index (χ0n) is 25.4. The van der Waals surface area contributed by atoms with Crippen LogP contribution in [0.15, 0.2) is 12.1 Å². The fourth-order valence-electron chi connectivity index (χ4n) is 3.85. The van der Waals surface area contributed by atoms with Crippen LogP contribution in [0.3, 0.4) is 0 Å². The van der Waals surface area contributed by atoms with Gasteiger partial charge in [-0.1, -0.05) is 0 Å². The maximum absolute atomic E-state index is 14.8. The van der Waals surface area contributed by atoms with Crippen LogP contribution >= 0.6 is 0 Å². The summed E-state index contributed by atoms with van der Waals surface area (Å²) in [5.74, 6) is -131. The molecule has 0 radical (unpaired) electrons. The molecule has 36 heteroatoms. The minimum Gasteiger partial charge on any atom is -0.507 e. The summed E-state index contributed by atoms with van der Waals surface area (Å²) < 4.78 is 463. The predicted molar refractivity (Wildman–Crippen MR) is 113 cm³/mol. The van der Waals surface area contributed by atoms with Gasteiger partial charge in [0.15, 0.2) is 6.29 Å². The number of hydrogen-bond acceptors (Lipinski definition) is 2. The van der Waals surface area contributed by atoms with Crippen LogP contribution in [0.1, 0.15) is 21.5 Å². The number of phenols is 1. The zero-order chi connectivity index (χ0) is 48.4. The monoisotopic (exact) mass is 958 g/mol. The van der Waals surface area contributed by atoms with Gasteiger partial charge in [-0.3, -0.25) is 4.79 Å². The lowest BCUT2D eigenvalue weighted by atomic mass is 9.84. The van der Waals surface area contributed by atoms with Crippen molar-refractivity contribution in [3.63, 3.8) is 0 Å². The van der Waals surface area contributed by atoms with Gasteiger partial charge < -0.3 is 5.11 Å². The molecule has 0 spiro atoms. The van der Waals surface area contributed by atoms with Gasteiger partial charge in [-0.15, -0.1) is 0 Å². The minimum absolute atomic E-state index is 1.74. The van der Waals surface area contributed by atoms with Gasteiger partial charge in [0.1, 0.15) is 5.75 Å². The third-order valence-electron chi connectivity index (χ3n) is 7.41. The molecule has 0 aliphatic rings. The molecule has 0 aromatic heterocycles. The van der Waals surface area contributed by atoms with Gasteiger partial charge in [0.05, 0.1) is 11.1 Å². The normalized spacial score (nSPS) is 16.4. The van der Waals surface area contributed by atoms with Gasteiger partial charge >= 0.3 is 95.3 Å². The van der Waals surface area contributed by atoms with E-state index in [1.165, 1.54) is 0 Å². The number of aldehydes is 1. The van der Waals surface area contributed by atoms with Crippen LogP contribution in [-0.2, 0) is 11.8 Å². The molecule has 1 aromatic rings. The van der Waals surface area contributed by atoms with E-state index in [1.807, 2.05) is 0 Å². The Kier molecular flexibility index (Phi) is 12.1. The van der Waals surface area contributed by atoms with Crippen molar-refractivity contribution < 1.29 is 159 Å². The number of alkyl halides is 34. The quantitative estimate of drug-likeness (QED) is 0.140. The molecule has 1 N–H and O–H groups in total. The highest BCUT2D eigenvalue weighted by molar-refractivity contribution is 5.81. The minimum atomic E-state index is -9.51. The number of halogens is 34. The van der Waals surface area contributed by atoms with Crippen LogP contribution in [0.2, 0.25) is 0 Å². The van der Waals surface area contributed by atoms with Gasteiger partial charge in [0, 0.05) is 5.56 Å². The number of rotatable bonds is 15. The largest absolute Gasteiger partial charge is 0.507 e. The molecule has 0 heterocycles. The van der Waals surface area contributed by atoms with Crippen LogP contribution < -0.4 is 0 Å². The molecule has 59 heavy (non-hydrogen) atoms. The molecule has 0 saturated heterocycles. The fraction of sp³-hybridized carbons (Fsp3) is 0.696. The van der Waals surface area contributed by atoms with Crippen molar-refractivity contribution in [3.8, 4) is 5.75 Å². The summed E-state index contributed by atoms with van der Waals surface area (Å²) in [5, 5.41) is 9.45. The molecule has 346 valence electrons. The third-order valence-corrected chi connectivity index (χ3v) is 7.41. The zero-order valence-corrected chi connectivity index (χ0v) is 25.4. The first-order valence-corrected chi connectivity index (χ1v) is 12.8. The Morgan fingerprint density at radius 3 is 0.780 bits per heavy atom. The van der Waals surface area contributed by atoms with Crippen molar-refractivity contribution in [2.45, 2.75) is 95.3 Å². The lowest BCUT2D eigenvalue weighted by Crippen LogP contribution is -2.74. The number of aromatic hydroxyl groups is 1. The van der Waals surface area contributed by atoms with Crippen molar-refractivity contribution in [1.29, 1.82) is 0 Å². The molecular formula is C23H4F34O2. The van der Waals surface area contributed by atoms with Gasteiger partial charge in [-0.2, -0.15) is 149 Å². The summed E-state index contributed by atoms with van der Waals surface area (Å²) in [6, 6.07) is -4.28. The first-order valence-electron chi connectivity index (χ1n) is 12.8. The first-order chi connectivity index (χ1) is 25.1. The molecule has 0 amide bonds. The van der Waals surface area contributed by atoms with E-state index >= 15 is 0 Å². The van der Waals surface area contributed by atoms with Crippen molar-refractivity contribution >= 4 is 6.29 Å². The van der Waals surface area contributed by atoms with Gasteiger partial charge in [0.25, 0.3) is 0 Å². The SMILES string of the molecule is O=Cc1cc(C(F)(F)C(F)(F)C(F)(F)C(F)(F)C(F)(F)C(F)(F)C(F)(F)C(F)(F)F)cc(C(F)(F)C(F)(F)C(F)(F)C(F)(F)C(F)(F)C(F)(F)C(F)(F)C(F)(F)F)c1O. The Labute approximate surface area is 296 Å². The number of carbonyl (C=O) groups excluding carboxylic acids is 1. The summed E-state index contributed by atoms with van der Waals surface area (Å²) in [6.07, 6.45) is -18.3. The van der Waals surface area contributed by atoms with Crippen molar-refractivity contribution in [1.82, 2.24) is 0 Å². The first kappa shape index (κ1) is 53.3. The van der Waals surface area contributed by atoms with Crippen molar-refractivity contribution in [2.75, 3.05) is 0 Å². The molecule has 1 aromatic carbocycles. The second-order valence-electron chi connectivity index (χ2n) is 11.1. The smallest absolute Gasteiger partial charge is 0.460 e. The summed E-state index contributed by atoms with van der Waals surface area (Å²) in [6.45, 7) is 0. The molecule has 1 rings (SSSR count). The maximum Gasteiger partial charge on any atom is 0.460 e. The number of hydrogen-bond donors (Lipinski definition) is 1. The second kappa shape index (κ2) is 13.4. The number of carbonyl (C=O) groups is 1. The summed E-state index contributed by atoms with van der Waals surface area (Å²) >= 11 is 0. The molecule has 0 aliphatic carbocycles. The Balaban J connectivity index is 4.27. The van der Waals surface area contributed by atoms with Gasteiger partial charge in [-0.25, -0.2) is 0 Å². The van der Waals surface area contributed by atoms with Crippen LogP contribution in [0.4, 0.5) is 149 Å². The summed E-state index contributed by atoms with van der Waals surface area (Å²) in [7, 11) is 0. The Bertz CT molecular complexity index is 1740. The molecule has 0 aliphatic heterocycles. The van der Waals surface area contributed by atoms with Crippen molar-refractivity contribution in [3.05, 3.63) is 28.8 Å². The molecule has 0 bridgehead atoms. The van der Waals surface area contributed by atoms with E-state index in [4.69, 9.17) is 0 Å². The van der Waals surface area contributed by atoms with E-state index in [-0.39, 0.29) is 0 Å². The Morgan fingerprint density at radius 1 is 0.322 bits per heavy atom. The summed E-state index contributed by atoms with van der Waals surface area (Å²) in [4.78, 5) is 11.0. The third kappa shape index (κ3) is 6.41. The average Bonchev–Trinajstić information content (AvgIpc) is 3.02. The highest BCUT2D eigenvalue weighted by atomic mass is 19.4. The fourth-order valence-corrected chi connectivity index (χ4v) is 3.85. The molecule has 0 fully saturated rings. The lowest BCUT2D eigenvalue weighted by molar-refractivity contribution is -0.463. The van der Waals surface area contributed by atoms with E-state index in [2.05, 4.69) is 0 Å². The number of phenolic OH excluding ortho intramolecular Hbond substituents is 1. The molecule has 0 unspecified atom stereocenters. The van der Waals surface area contributed by atoms with E-state index in [0.717, 1.165) is 0 Å². The van der Waals surface area contributed by atoms with Crippen LogP contribution in [0.25, 0.3) is 0 Å². The highest BCUT2D eigenvalue weighted by Gasteiger charge is 2.97. The van der Waals surface area contributed by atoms with Gasteiger partial charge in [-0.05, 0) is 12.1 Å². The van der Waals surface area contributed by atoms with E-state index < -0.39 is 136 Å². The Morgan fingerprint density at radius 2 is 0.542 bits per heavy atom. The summed E-state index contributed by atoms with van der Waals surface area (Å²) in [5.41, 5.74) is -11.9. The highest BCUT2D eigenvalue weighted by Crippen LogP contribution is 2.68. The molecular weight excluding hydrogens is 954 g/mol. The van der Waals surface area contributed by atoms with Crippen LogP contribution in [0, 0.1) is 0 Å². The average molecular weight is 958 g/mol. The van der Waals surface area contributed by atoms with Gasteiger partial charge in [0.2, 0.25) is 0 Å². The van der Waals surface area contributed by atoms with E-state index in [0.29, 0.717) is 0 Å². The second-order valence-corrected chi connectivity index (χ2v) is 11.1. The van der Waals surface area contributed by atoms with Crippen LogP contribution in [0.5, 0.6) is 5.75 Å². The number of benzene rings is 1. The molecule has 0 atom stereocenters. The predicted octanol–water partition coefficient (Wildman–Crippen LogP) is 12.1. The lowest BCUT2D eigenvalue weighted by Gasteiger charge is -2.43. The van der Waals surface area contributed by atoms with Crippen molar-refractivity contribution in [2.24, 2.45) is 0 Å². The van der Waals surface area contributed by atoms with E-state index in [1.54, 1.807) is 0 Å². The standard InChI is InChI=1S/C23H4F34O2/c24-8(25,10(28,29)12(32,33)14(36,37)16(40,41)18(44,45)20(48,49)22(52,53)54)5-1-4(3-58)7(59)6(2-5)9(26,27)11(30,31)13(34,35)15(38,39)17(42,43)19(46,47)21(50,51)23(55,56)57/h1-3,59H. The molecule has 2 nitrogen and oxygen atoms in total. The molecule has 0 saturated carbocycles. The Hall–Kier alpha value is -3.69. The maximum atomic E-state index is 14.8. The van der Waals surface area contributed by atoms with E-state index in [9.17, 15) is 159 Å². The van der Waals surface area contributed by atoms with Crippen LogP contribution in [-0.4, -0.2) is 94.8 Å². The topological polar surface area (TPSA) is 37.3 Å².